The molecule has 2 atom stereocenters. The lowest BCUT2D eigenvalue weighted by Gasteiger charge is -2.27. The first-order valence-corrected chi connectivity index (χ1v) is 8.86. The molecule has 0 spiro atoms. The normalized spacial score (nSPS) is 18.0. The van der Waals surface area contributed by atoms with Crippen LogP contribution in [0.5, 0.6) is 0 Å². The molecule has 0 saturated heterocycles. The number of benzene rings is 1. The predicted molar refractivity (Wildman–Crippen MR) is 101 cm³/mol. The number of fused-ring (bicyclic) bond motifs is 1. The third-order valence-electron chi connectivity index (χ3n) is 4.76. The summed E-state index contributed by atoms with van der Waals surface area (Å²) < 4.78 is 0. The molecule has 6 heteroatoms. The molecule has 0 fully saturated rings. The van der Waals surface area contributed by atoms with Crippen LogP contribution in [-0.4, -0.2) is 35.9 Å². The van der Waals surface area contributed by atoms with Crippen LogP contribution in [-0.2, 0) is 22.6 Å². The molecule has 1 aliphatic heterocycles. The maximum atomic E-state index is 13.2. The molecule has 6 nitrogen and oxygen atoms in total. The van der Waals surface area contributed by atoms with E-state index in [9.17, 15) is 9.59 Å². The number of pyridine rings is 1. The molecule has 2 N–H and O–H groups in total. The van der Waals surface area contributed by atoms with E-state index >= 15 is 0 Å². The summed E-state index contributed by atoms with van der Waals surface area (Å²) in [5.74, 6) is -0.256. The third-order valence-corrected chi connectivity index (χ3v) is 4.76. The number of hydrogen-bond acceptors (Lipinski definition) is 4. The van der Waals surface area contributed by atoms with Gasteiger partial charge in [-0.25, -0.2) is 0 Å². The van der Waals surface area contributed by atoms with Crippen LogP contribution >= 0.6 is 0 Å². The number of nitrogens with zero attached hydrogens (tertiary/aromatic N) is 2. The molecule has 2 aromatic rings. The fourth-order valence-electron chi connectivity index (χ4n) is 3.11. The maximum absolute atomic E-state index is 13.2. The lowest BCUT2D eigenvalue weighted by Crippen LogP contribution is -2.52. The van der Waals surface area contributed by atoms with Crippen LogP contribution in [0.1, 0.15) is 24.5 Å². The minimum Gasteiger partial charge on any atom is -0.343 e. The van der Waals surface area contributed by atoms with Gasteiger partial charge in [0.1, 0.15) is 6.04 Å². The number of nitrogens with one attached hydrogen (secondary N) is 2. The first kappa shape index (κ1) is 18.1. The van der Waals surface area contributed by atoms with Crippen LogP contribution in [0.2, 0.25) is 0 Å². The first-order valence-electron chi connectivity index (χ1n) is 8.86. The van der Waals surface area contributed by atoms with Gasteiger partial charge in [0.2, 0.25) is 11.8 Å². The number of aromatic nitrogens is 1. The van der Waals surface area contributed by atoms with Gasteiger partial charge < -0.3 is 15.5 Å². The Labute approximate surface area is 153 Å². The van der Waals surface area contributed by atoms with E-state index in [1.807, 2.05) is 36.4 Å². The van der Waals surface area contributed by atoms with Crippen LogP contribution in [0.4, 0.5) is 5.69 Å². The molecule has 0 bridgehead atoms. The van der Waals surface area contributed by atoms with E-state index in [-0.39, 0.29) is 17.9 Å². The number of anilines is 1. The smallest absolute Gasteiger partial charge is 0.249 e. The van der Waals surface area contributed by atoms with E-state index in [0.29, 0.717) is 13.0 Å². The number of aryl methyl sites for hydroxylation is 1. The largest absolute Gasteiger partial charge is 0.343 e. The molecule has 0 radical (unpaired) electrons. The number of rotatable bonds is 5. The SMILES string of the molecule is CNC(C)C(=O)NC1CCc2ccccc2N(Cc2cccnc2)C1=O. The van der Waals surface area contributed by atoms with Gasteiger partial charge in [-0.3, -0.25) is 14.6 Å². The second-order valence-corrected chi connectivity index (χ2v) is 6.52. The van der Waals surface area contributed by atoms with Crippen molar-refractivity contribution in [3.05, 3.63) is 59.9 Å². The summed E-state index contributed by atoms with van der Waals surface area (Å²) in [7, 11) is 1.73. The van der Waals surface area contributed by atoms with E-state index < -0.39 is 6.04 Å². The van der Waals surface area contributed by atoms with E-state index in [2.05, 4.69) is 15.6 Å². The Morgan fingerprint density at radius 2 is 2.12 bits per heavy atom. The number of likely N-dealkylation sites (N-methyl/N-ethyl adjacent to an activating group) is 1. The van der Waals surface area contributed by atoms with Gasteiger partial charge in [-0.05, 0) is 50.1 Å². The summed E-state index contributed by atoms with van der Waals surface area (Å²) in [6, 6.07) is 10.8. The van der Waals surface area contributed by atoms with Crippen LogP contribution < -0.4 is 15.5 Å². The van der Waals surface area contributed by atoms with Gasteiger partial charge >= 0.3 is 0 Å². The van der Waals surface area contributed by atoms with E-state index in [1.165, 1.54) is 0 Å². The Morgan fingerprint density at radius 1 is 1.31 bits per heavy atom. The zero-order chi connectivity index (χ0) is 18.5. The maximum Gasteiger partial charge on any atom is 0.249 e. The van der Waals surface area contributed by atoms with Crippen molar-refractivity contribution in [2.24, 2.45) is 0 Å². The van der Waals surface area contributed by atoms with Crippen LogP contribution in [0, 0.1) is 0 Å². The molecular weight excluding hydrogens is 328 g/mol. The van der Waals surface area contributed by atoms with Gasteiger partial charge in [-0.1, -0.05) is 24.3 Å². The monoisotopic (exact) mass is 352 g/mol. The summed E-state index contributed by atoms with van der Waals surface area (Å²) in [5.41, 5.74) is 2.97. The number of para-hydroxylation sites is 1. The molecule has 2 amide bonds. The van der Waals surface area contributed by atoms with Gasteiger partial charge in [-0.15, -0.1) is 0 Å². The average Bonchev–Trinajstić information content (AvgIpc) is 2.80. The molecule has 136 valence electrons. The van der Waals surface area contributed by atoms with Crippen molar-refractivity contribution >= 4 is 17.5 Å². The lowest BCUT2D eigenvalue weighted by atomic mass is 10.1. The highest BCUT2D eigenvalue weighted by Crippen LogP contribution is 2.28. The Morgan fingerprint density at radius 3 is 2.85 bits per heavy atom. The number of carbonyl (C=O) groups is 2. The van der Waals surface area contributed by atoms with Gasteiger partial charge in [-0.2, -0.15) is 0 Å². The first-order chi connectivity index (χ1) is 12.6. The summed E-state index contributed by atoms with van der Waals surface area (Å²) >= 11 is 0. The zero-order valence-corrected chi connectivity index (χ0v) is 15.1. The number of hydrogen-bond donors (Lipinski definition) is 2. The Balaban J connectivity index is 1.89. The van der Waals surface area contributed by atoms with E-state index in [4.69, 9.17) is 0 Å². The predicted octanol–water partition coefficient (Wildman–Crippen LogP) is 1.65. The molecule has 1 aliphatic rings. The fraction of sp³-hybridized carbons (Fsp3) is 0.350. The number of carbonyl (C=O) groups excluding carboxylic acids is 2. The minimum atomic E-state index is -0.539. The molecule has 3 rings (SSSR count). The zero-order valence-electron chi connectivity index (χ0n) is 15.1. The van der Waals surface area contributed by atoms with Crippen molar-refractivity contribution in [1.29, 1.82) is 0 Å². The molecule has 26 heavy (non-hydrogen) atoms. The summed E-state index contributed by atoms with van der Waals surface area (Å²) in [4.78, 5) is 31.4. The van der Waals surface area contributed by atoms with Crippen molar-refractivity contribution in [3.8, 4) is 0 Å². The standard InChI is InChI=1S/C20H24N4O2/c1-14(21-2)19(25)23-17-10-9-16-7-3-4-8-18(16)24(20(17)26)13-15-6-5-11-22-12-15/h3-8,11-12,14,17,21H,9-10,13H2,1-2H3,(H,23,25). The van der Waals surface area contributed by atoms with Crippen LogP contribution in [0.25, 0.3) is 0 Å². The average molecular weight is 352 g/mol. The Kier molecular flexibility index (Phi) is 5.63. The van der Waals surface area contributed by atoms with Gasteiger partial charge in [0, 0.05) is 18.1 Å². The minimum absolute atomic E-state index is 0.0875. The summed E-state index contributed by atoms with van der Waals surface area (Å²) in [6.45, 7) is 2.20. The number of amides is 2. The molecular formula is C20H24N4O2. The molecule has 1 aromatic carbocycles. The topological polar surface area (TPSA) is 74.3 Å². The van der Waals surface area contributed by atoms with Gasteiger partial charge in [0.15, 0.2) is 0 Å². The van der Waals surface area contributed by atoms with Gasteiger partial charge in [0.25, 0.3) is 0 Å². The highest BCUT2D eigenvalue weighted by atomic mass is 16.2. The van der Waals surface area contributed by atoms with Gasteiger partial charge in [0.05, 0.1) is 12.6 Å². The Hall–Kier alpha value is -2.73. The van der Waals surface area contributed by atoms with Crippen molar-refractivity contribution < 1.29 is 9.59 Å². The molecule has 2 unspecified atom stereocenters. The lowest BCUT2D eigenvalue weighted by molar-refractivity contribution is -0.128. The second kappa shape index (κ2) is 8.10. The van der Waals surface area contributed by atoms with E-state index in [0.717, 1.165) is 23.2 Å². The highest BCUT2D eigenvalue weighted by molar-refractivity contribution is 6.00. The summed E-state index contributed by atoms with van der Waals surface area (Å²) in [5, 5.41) is 5.81. The van der Waals surface area contributed by atoms with Crippen molar-refractivity contribution in [3.63, 3.8) is 0 Å². The van der Waals surface area contributed by atoms with Crippen molar-refractivity contribution in [2.75, 3.05) is 11.9 Å². The third kappa shape index (κ3) is 3.91. The molecule has 1 aromatic heterocycles. The van der Waals surface area contributed by atoms with Crippen molar-refractivity contribution in [2.45, 2.75) is 38.4 Å². The molecule has 0 aliphatic carbocycles. The highest BCUT2D eigenvalue weighted by Gasteiger charge is 2.32. The van der Waals surface area contributed by atoms with Crippen molar-refractivity contribution in [1.82, 2.24) is 15.6 Å². The molecule has 2 heterocycles. The second-order valence-electron chi connectivity index (χ2n) is 6.52. The van der Waals surface area contributed by atoms with Crippen LogP contribution in [0.15, 0.2) is 48.8 Å². The molecule has 0 saturated carbocycles. The fourth-order valence-corrected chi connectivity index (χ4v) is 3.11. The quantitative estimate of drug-likeness (QED) is 0.858. The van der Waals surface area contributed by atoms with Crippen LogP contribution in [0.3, 0.4) is 0 Å². The van der Waals surface area contributed by atoms with E-state index in [1.54, 1.807) is 31.3 Å². The summed E-state index contributed by atoms with van der Waals surface area (Å²) in [6.07, 6.45) is 4.80. The Bertz CT molecular complexity index is 778.